The summed E-state index contributed by atoms with van der Waals surface area (Å²) in [7, 11) is 1.31. The molecule has 0 atom stereocenters. The van der Waals surface area contributed by atoms with Crippen LogP contribution in [0.1, 0.15) is 16.7 Å². The molecule has 3 aromatic rings. The average Bonchev–Trinajstić information content (AvgIpc) is 2.95. The van der Waals surface area contributed by atoms with Crippen molar-refractivity contribution in [1.82, 2.24) is 19.8 Å². The molecule has 3 rings (SSSR count). The second-order valence-corrected chi connectivity index (χ2v) is 6.04. The van der Waals surface area contributed by atoms with E-state index >= 15 is 0 Å². The summed E-state index contributed by atoms with van der Waals surface area (Å²) < 4.78 is 61.2. The number of hydrogen-bond acceptors (Lipinski definition) is 5. The number of halogens is 4. The first-order valence-electron chi connectivity index (χ1n) is 7.96. The Morgan fingerprint density at radius 1 is 1.21 bits per heavy atom. The lowest BCUT2D eigenvalue weighted by atomic mass is 10.1. The van der Waals surface area contributed by atoms with Gasteiger partial charge in [0.2, 0.25) is 0 Å². The molecule has 0 aliphatic rings. The van der Waals surface area contributed by atoms with E-state index in [0.717, 1.165) is 22.9 Å². The number of nitrogens with two attached hydrogens (primary N) is 1. The van der Waals surface area contributed by atoms with Crippen LogP contribution < -0.4 is 16.2 Å². The van der Waals surface area contributed by atoms with E-state index in [2.05, 4.69) is 10.4 Å². The van der Waals surface area contributed by atoms with Gasteiger partial charge in [-0.2, -0.15) is 22.5 Å². The number of nitrogen functional groups attached to an aromatic ring is 1. The van der Waals surface area contributed by atoms with Crippen molar-refractivity contribution in [3.8, 4) is 11.4 Å². The molecule has 2 aromatic carbocycles. The maximum atomic E-state index is 13.7. The van der Waals surface area contributed by atoms with E-state index < -0.39 is 29.0 Å². The van der Waals surface area contributed by atoms with Gasteiger partial charge in [0.15, 0.2) is 5.75 Å². The minimum atomic E-state index is -4.75. The fourth-order valence-corrected chi connectivity index (χ4v) is 2.58. The number of benzene rings is 2. The molecule has 0 aliphatic heterocycles. The van der Waals surface area contributed by atoms with Crippen LogP contribution in [-0.4, -0.2) is 19.8 Å². The minimum absolute atomic E-state index is 0.0799. The molecule has 1 heterocycles. The monoisotopic (exact) mass is 397 g/mol. The summed E-state index contributed by atoms with van der Waals surface area (Å²) in [6.07, 6.45) is -4.75. The summed E-state index contributed by atoms with van der Waals surface area (Å²) in [6.45, 7) is 1.25. The van der Waals surface area contributed by atoms with Gasteiger partial charge in [-0.1, -0.05) is 6.07 Å². The molecule has 0 bridgehead atoms. The smallest absolute Gasteiger partial charge is 0.420 e. The van der Waals surface area contributed by atoms with E-state index in [1.807, 2.05) is 0 Å². The fourth-order valence-electron chi connectivity index (χ4n) is 2.58. The van der Waals surface area contributed by atoms with Gasteiger partial charge in [-0.3, -0.25) is 0 Å². The van der Waals surface area contributed by atoms with Gasteiger partial charge in [0.05, 0.1) is 11.3 Å². The molecule has 0 amide bonds. The van der Waals surface area contributed by atoms with Gasteiger partial charge in [-0.25, -0.2) is 9.18 Å². The third kappa shape index (κ3) is 3.55. The maximum absolute atomic E-state index is 13.7. The highest BCUT2D eigenvalue weighted by atomic mass is 19.4. The molecule has 0 spiro atoms. The summed E-state index contributed by atoms with van der Waals surface area (Å²) in [5, 5.41) is 7.06. The molecular weight excluding hydrogens is 382 g/mol. The van der Waals surface area contributed by atoms with Gasteiger partial charge in [0.1, 0.15) is 18.1 Å². The highest BCUT2D eigenvalue weighted by Gasteiger charge is 2.36. The van der Waals surface area contributed by atoms with Crippen molar-refractivity contribution in [3.05, 3.63) is 63.3 Å². The molecular formula is C17H15F4N5O2. The van der Waals surface area contributed by atoms with Crippen molar-refractivity contribution >= 4 is 5.69 Å². The fraction of sp³-hybridized carbons (Fsp3) is 0.235. The van der Waals surface area contributed by atoms with Crippen LogP contribution in [0.25, 0.3) is 5.69 Å². The van der Waals surface area contributed by atoms with E-state index in [9.17, 15) is 22.4 Å². The SMILES string of the molecule is Cc1cc(N)c(F)cc1COc1c(-n2nnn(C)c2=O)cccc1C(F)(F)F. The van der Waals surface area contributed by atoms with Gasteiger partial charge in [0.25, 0.3) is 0 Å². The van der Waals surface area contributed by atoms with Crippen molar-refractivity contribution in [2.75, 3.05) is 5.73 Å². The summed E-state index contributed by atoms with van der Waals surface area (Å²) >= 11 is 0. The van der Waals surface area contributed by atoms with Crippen LogP contribution in [0.3, 0.4) is 0 Å². The topological polar surface area (TPSA) is 88.0 Å². The van der Waals surface area contributed by atoms with Crippen LogP contribution in [-0.2, 0) is 19.8 Å². The van der Waals surface area contributed by atoms with Crippen LogP contribution in [0, 0.1) is 12.7 Å². The minimum Gasteiger partial charge on any atom is -0.486 e. The first-order chi connectivity index (χ1) is 13.1. The Morgan fingerprint density at radius 3 is 2.54 bits per heavy atom. The number of rotatable bonds is 4. The number of anilines is 1. The predicted molar refractivity (Wildman–Crippen MR) is 91.5 cm³/mol. The first kappa shape index (κ1) is 19.4. The van der Waals surface area contributed by atoms with E-state index in [4.69, 9.17) is 10.5 Å². The van der Waals surface area contributed by atoms with Crippen molar-refractivity contribution in [1.29, 1.82) is 0 Å². The van der Waals surface area contributed by atoms with Gasteiger partial charge in [-0.05, 0) is 52.7 Å². The molecule has 0 aliphatic carbocycles. The Bertz CT molecular complexity index is 1090. The average molecular weight is 397 g/mol. The number of tetrazole rings is 1. The van der Waals surface area contributed by atoms with Gasteiger partial charge in [0, 0.05) is 7.05 Å². The normalized spacial score (nSPS) is 11.6. The van der Waals surface area contributed by atoms with Crippen LogP contribution in [0.4, 0.5) is 23.2 Å². The Hall–Kier alpha value is -3.37. The first-order valence-corrected chi connectivity index (χ1v) is 7.96. The van der Waals surface area contributed by atoms with Crippen LogP contribution in [0.5, 0.6) is 5.75 Å². The predicted octanol–water partition coefficient (Wildman–Crippen LogP) is 2.59. The lowest BCUT2D eigenvalue weighted by Gasteiger charge is -2.17. The lowest BCUT2D eigenvalue weighted by Crippen LogP contribution is -2.23. The quantitative estimate of drug-likeness (QED) is 0.540. The molecule has 0 radical (unpaired) electrons. The molecule has 148 valence electrons. The third-order valence-electron chi connectivity index (χ3n) is 4.08. The Labute approximate surface area is 155 Å². The Morgan fingerprint density at radius 2 is 1.93 bits per heavy atom. The number of hydrogen-bond donors (Lipinski definition) is 1. The zero-order chi connectivity index (χ0) is 20.6. The van der Waals surface area contributed by atoms with E-state index in [0.29, 0.717) is 15.8 Å². The van der Waals surface area contributed by atoms with Crippen molar-refractivity contribution in [2.24, 2.45) is 7.05 Å². The summed E-state index contributed by atoms with van der Waals surface area (Å²) in [5.41, 5.74) is 4.16. The summed E-state index contributed by atoms with van der Waals surface area (Å²) in [4.78, 5) is 12.1. The van der Waals surface area contributed by atoms with Gasteiger partial charge < -0.3 is 10.5 Å². The molecule has 11 heteroatoms. The van der Waals surface area contributed by atoms with Crippen LogP contribution >= 0.6 is 0 Å². The van der Waals surface area contributed by atoms with E-state index in [-0.39, 0.29) is 18.0 Å². The second kappa shape index (κ2) is 6.98. The zero-order valence-electron chi connectivity index (χ0n) is 14.8. The summed E-state index contributed by atoms with van der Waals surface area (Å²) in [5.74, 6) is -1.33. The van der Waals surface area contributed by atoms with Crippen molar-refractivity contribution in [2.45, 2.75) is 19.7 Å². The van der Waals surface area contributed by atoms with Crippen LogP contribution in [0.2, 0.25) is 0 Å². The van der Waals surface area contributed by atoms with E-state index in [1.54, 1.807) is 6.92 Å². The Balaban J connectivity index is 2.09. The van der Waals surface area contributed by atoms with Gasteiger partial charge >= 0.3 is 11.9 Å². The molecule has 0 saturated heterocycles. The second-order valence-electron chi connectivity index (χ2n) is 6.04. The molecule has 0 fully saturated rings. The number of aryl methyl sites for hydroxylation is 2. The molecule has 0 saturated carbocycles. The highest BCUT2D eigenvalue weighted by molar-refractivity contribution is 5.53. The number of aromatic nitrogens is 4. The van der Waals surface area contributed by atoms with Crippen LogP contribution in [0.15, 0.2) is 35.1 Å². The molecule has 28 heavy (non-hydrogen) atoms. The largest absolute Gasteiger partial charge is 0.486 e. The van der Waals surface area contributed by atoms with E-state index in [1.165, 1.54) is 19.2 Å². The lowest BCUT2D eigenvalue weighted by molar-refractivity contribution is -0.139. The number of alkyl halides is 3. The van der Waals surface area contributed by atoms with Crippen molar-refractivity contribution < 1.29 is 22.3 Å². The zero-order valence-corrected chi connectivity index (χ0v) is 14.8. The van der Waals surface area contributed by atoms with Gasteiger partial charge in [-0.15, -0.1) is 0 Å². The number of ether oxygens (including phenoxy) is 1. The number of para-hydroxylation sites is 1. The summed E-state index contributed by atoms with van der Waals surface area (Å²) in [6, 6.07) is 5.64. The molecule has 0 unspecified atom stereocenters. The standard InChI is InChI=1S/C17H15F4N5O2/c1-9-6-13(22)12(18)7-10(9)8-28-15-11(17(19,20)21)4-3-5-14(15)26-16(27)25(2)23-24-26/h3-7H,8,22H2,1-2H3. The Kier molecular flexibility index (Phi) is 4.84. The maximum Gasteiger partial charge on any atom is 0.420 e. The highest BCUT2D eigenvalue weighted by Crippen LogP contribution is 2.39. The van der Waals surface area contributed by atoms with Crippen molar-refractivity contribution in [3.63, 3.8) is 0 Å². The molecule has 1 aromatic heterocycles. The molecule has 2 N–H and O–H groups in total. The molecule has 7 nitrogen and oxygen atoms in total. The third-order valence-corrected chi connectivity index (χ3v) is 4.08. The number of nitrogens with zero attached hydrogens (tertiary/aromatic N) is 4.